The average molecular weight is 203 g/mol. The van der Waals surface area contributed by atoms with Crippen molar-refractivity contribution in [2.24, 2.45) is 0 Å². The molecule has 4 nitrogen and oxygen atoms in total. The molecule has 0 amide bonds. The highest BCUT2D eigenvalue weighted by atomic mass is 35.5. The Morgan fingerprint density at radius 2 is 2.31 bits per heavy atom. The topological polar surface area (TPSA) is 44.1 Å². The smallest absolute Gasteiger partial charge is 0.310 e. The van der Waals surface area contributed by atoms with E-state index < -0.39 is 0 Å². The first-order valence-electron chi connectivity index (χ1n) is 4.09. The van der Waals surface area contributed by atoms with E-state index in [-0.39, 0.29) is 16.3 Å². The minimum absolute atomic E-state index is 0.181. The van der Waals surface area contributed by atoms with E-state index in [0.717, 1.165) is 0 Å². The van der Waals surface area contributed by atoms with E-state index in [4.69, 9.17) is 16.3 Å². The van der Waals surface area contributed by atoms with Gasteiger partial charge in [0, 0.05) is 6.54 Å². The molecule has 1 rings (SSSR count). The monoisotopic (exact) mass is 202 g/mol. The van der Waals surface area contributed by atoms with Gasteiger partial charge < -0.3 is 4.74 Å². The van der Waals surface area contributed by atoms with Crippen LogP contribution < -0.4 is 10.3 Å². The van der Waals surface area contributed by atoms with Crippen LogP contribution in [-0.4, -0.2) is 16.4 Å². The number of hydrogen-bond donors (Lipinski definition) is 0. The summed E-state index contributed by atoms with van der Waals surface area (Å²) in [5, 5.41) is 4.09. The SMILES string of the molecule is CCOc1c(Cl)cnn(CC)c1=O. The maximum absolute atomic E-state index is 11.5. The van der Waals surface area contributed by atoms with E-state index in [9.17, 15) is 4.79 Å². The molecular weight excluding hydrogens is 192 g/mol. The van der Waals surface area contributed by atoms with E-state index >= 15 is 0 Å². The molecule has 0 fully saturated rings. The molecule has 0 aliphatic rings. The summed E-state index contributed by atoms with van der Waals surface area (Å²) in [6.45, 7) is 4.56. The van der Waals surface area contributed by atoms with Crippen LogP contribution >= 0.6 is 11.6 Å². The van der Waals surface area contributed by atoms with Gasteiger partial charge in [0.05, 0.1) is 12.8 Å². The second-order valence-electron chi connectivity index (χ2n) is 2.38. The Bertz CT molecular complexity index is 348. The van der Waals surface area contributed by atoms with Crippen molar-refractivity contribution in [2.45, 2.75) is 20.4 Å². The van der Waals surface area contributed by atoms with Gasteiger partial charge in [-0.05, 0) is 13.8 Å². The Hall–Kier alpha value is -1.03. The van der Waals surface area contributed by atoms with Crippen molar-refractivity contribution in [2.75, 3.05) is 6.61 Å². The minimum Gasteiger partial charge on any atom is -0.487 e. The predicted molar refractivity (Wildman–Crippen MR) is 50.4 cm³/mol. The number of rotatable bonds is 3. The zero-order valence-corrected chi connectivity index (χ0v) is 8.34. The number of ether oxygens (including phenoxy) is 1. The third-order valence-corrected chi connectivity index (χ3v) is 1.81. The van der Waals surface area contributed by atoms with Crippen molar-refractivity contribution < 1.29 is 4.74 Å². The summed E-state index contributed by atoms with van der Waals surface area (Å²) in [4.78, 5) is 11.5. The maximum atomic E-state index is 11.5. The van der Waals surface area contributed by atoms with E-state index in [2.05, 4.69) is 5.10 Å². The normalized spacial score (nSPS) is 10.1. The standard InChI is InChI=1S/C8H11ClN2O2/c1-3-11-8(12)7(13-4-2)6(9)5-10-11/h5H,3-4H2,1-2H3. The summed E-state index contributed by atoms with van der Waals surface area (Å²) in [5.41, 5.74) is -0.281. The molecule has 0 atom stereocenters. The first-order chi connectivity index (χ1) is 6.20. The van der Waals surface area contributed by atoms with Gasteiger partial charge in [0.25, 0.3) is 0 Å². The van der Waals surface area contributed by atoms with Crippen LogP contribution in [0.4, 0.5) is 0 Å². The van der Waals surface area contributed by atoms with Crippen LogP contribution in [0.1, 0.15) is 13.8 Å². The summed E-state index contributed by atoms with van der Waals surface area (Å²) >= 11 is 5.74. The van der Waals surface area contributed by atoms with Crippen molar-refractivity contribution in [1.82, 2.24) is 9.78 Å². The molecule has 0 aromatic carbocycles. The molecule has 0 spiro atoms. The Kier molecular flexibility index (Phi) is 3.31. The van der Waals surface area contributed by atoms with Crippen LogP contribution in [0.5, 0.6) is 5.75 Å². The highest BCUT2D eigenvalue weighted by Crippen LogP contribution is 2.17. The van der Waals surface area contributed by atoms with Crippen LogP contribution in [-0.2, 0) is 6.54 Å². The van der Waals surface area contributed by atoms with E-state index in [1.807, 2.05) is 6.92 Å². The molecule has 0 N–H and O–H groups in total. The Morgan fingerprint density at radius 3 is 2.85 bits per heavy atom. The van der Waals surface area contributed by atoms with Gasteiger partial charge in [-0.2, -0.15) is 5.10 Å². The molecule has 0 radical (unpaired) electrons. The lowest BCUT2D eigenvalue weighted by Crippen LogP contribution is -2.23. The Morgan fingerprint density at radius 1 is 1.62 bits per heavy atom. The summed E-state index contributed by atoms with van der Waals surface area (Å²) in [5.74, 6) is 0.181. The quantitative estimate of drug-likeness (QED) is 0.743. The zero-order valence-electron chi connectivity index (χ0n) is 7.58. The van der Waals surface area contributed by atoms with Crippen molar-refractivity contribution in [1.29, 1.82) is 0 Å². The molecule has 0 aliphatic carbocycles. The molecule has 0 saturated heterocycles. The molecule has 1 aromatic heterocycles. The molecule has 0 aliphatic heterocycles. The molecule has 1 heterocycles. The van der Waals surface area contributed by atoms with Crippen LogP contribution in [0.25, 0.3) is 0 Å². The zero-order chi connectivity index (χ0) is 9.84. The van der Waals surface area contributed by atoms with Gasteiger partial charge in [-0.25, -0.2) is 4.68 Å². The summed E-state index contributed by atoms with van der Waals surface area (Å²) in [7, 11) is 0. The average Bonchev–Trinajstić information content (AvgIpc) is 2.12. The third kappa shape index (κ3) is 2.01. The van der Waals surface area contributed by atoms with Crippen LogP contribution in [0, 0.1) is 0 Å². The number of aromatic nitrogens is 2. The highest BCUT2D eigenvalue weighted by molar-refractivity contribution is 6.31. The summed E-state index contributed by atoms with van der Waals surface area (Å²) in [6, 6.07) is 0. The summed E-state index contributed by atoms with van der Waals surface area (Å²) < 4.78 is 6.41. The fourth-order valence-electron chi connectivity index (χ4n) is 0.951. The van der Waals surface area contributed by atoms with Crippen LogP contribution in [0.3, 0.4) is 0 Å². The molecule has 0 saturated carbocycles. The van der Waals surface area contributed by atoms with E-state index in [1.54, 1.807) is 6.92 Å². The number of aryl methyl sites for hydroxylation is 1. The van der Waals surface area contributed by atoms with E-state index in [0.29, 0.717) is 13.2 Å². The molecular formula is C8H11ClN2O2. The van der Waals surface area contributed by atoms with Crippen molar-refractivity contribution in [3.05, 3.63) is 21.6 Å². The molecule has 13 heavy (non-hydrogen) atoms. The number of hydrogen-bond acceptors (Lipinski definition) is 3. The van der Waals surface area contributed by atoms with Gasteiger partial charge in [-0.3, -0.25) is 4.79 Å². The fourth-order valence-corrected chi connectivity index (χ4v) is 1.13. The molecule has 5 heteroatoms. The Labute approximate surface area is 81.1 Å². The van der Waals surface area contributed by atoms with Gasteiger partial charge in [-0.1, -0.05) is 11.6 Å². The van der Waals surface area contributed by atoms with E-state index in [1.165, 1.54) is 10.9 Å². The predicted octanol–water partition coefficient (Wildman–Crippen LogP) is 1.32. The van der Waals surface area contributed by atoms with Gasteiger partial charge in [0.2, 0.25) is 5.75 Å². The van der Waals surface area contributed by atoms with Crippen molar-refractivity contribution in [3.8, 4) is 5.75 Å². The largest absolute Gasteiger partial charge is 0.487 e. The molecule has 0 unspecified atom stereocenters. The van der Waals surface area contributed by atoms with Gasteiger partial charge in [-0.15, -0.1) is 0 Å². The fraction of sp³-hybridized carbons (Fsp3) is 0.500. The minimum atomic E-state index is -0.281. The third-order valence-electron chi connectivity index (χ3n) is 1.54. The molecule has 0 bridgehead atoms. The number of halogens is 1. The van der Waals surface area contributed by atoms with Crippen molar-refractivity contribution >= 4 is 11.6 Å². The second kappa shape index (κ2) is 4.28. The van der Waals surface area contributed by atoms with Gasteiger partial charge in [0.15, 0.2) is 0 Å². The molecule has 72 valence electrons. The molecule has 1 aromatic rings. The lowest BCUT2D eigenvalue weighted by atomic mass is 10.5. The van der Waals surface area contributed by atoms with Crippen molar-refractivity contribution in [3.63, 3.8) is 0 Å². The maximum Gasteiger partial charge on any atom is 0.310 e. The highest BCUT2D eigenvalue weighted by Gasteiger charge is 2.09. The number of nitrogens with zero attached hydrogens (tertiary/aromatic N) is 2. The van der Waals surface area contributed by atoms with Gasteiger partial charge >= 0.3 is 5.56 Å². The van der Waals surface area contributed by atoms with Crippen LogP contribution in [0.15, 0.2) is 11.0 Å². The lowest BCUT2D eigenvalue weighted by molar-refractivity contribution is 0.329. The lowest BCUT2D eigenvalue weighted by Gasteiger charge is -2.06. The van der Waals surface area contributed by atoms with Crippen LogP contribution in [0.2, 0.25) is 5.02 Å². The second-order valence-corrected chi connectivity index (χ2v) is 2.78. The Balaban J connectivity index is 3.22. The first kappa shape index (κ1) is 10.1. The first-order valence-corrected chi connectivity index (χ1v) is 4.46. The summed E-state index contributed by atoms with van der Waals surface area (Å²) in [6.07, 6.45) is 1.41. The van der Waals surface area contributed by atoms with Gasteiger partial charge in [0.1, 0.15) is 5.02 Å².